The van der Waals surface area contributed by atoms with Crippen molar-refractivity contribution in [2.45, 2.75) is 18.8 Å². The van der Waals surface area contributed by atoms with Gasteiger partial charge in [-0.05, 0) is 34.1 Å². The largest absolute Gasteiger partial charge is 0.394 e. The molecule has 0 amide bonds. The number of hydrogen-bond acceptors (Lipinski definition) is 5. The van der Waals surface area contributed by atoms with Crippen molar-refractivity contribution in [3.05, 3.63) is 0 Å². The van der Waals surface area contributed by atoms with Crippen LogP contribution in [0.1, 0.15) is 6.42 Å². The highest BCUT2D eigenvalue weighted by molar-refractivity contribution is 4.63. The summed E-state index contributed by atoms with van der Waals surface area (Å²) >= 11 is 0. The number of rotatable bonds is 8. The van der Waals surface area contributed by atoms with E-state index in [0.717, 1.165) is 13.0 Å². The van der Waals surface area contributed by atoms with Crippen LogP contribution in [0.4, 0.5) is 0 Å². The highest BCUT2D eigenvalue weighted by atomic mass is 16.5. The van der Waals surface area contributed by atoms with Crippen LogP contribution in [0.25, 0.3) is 0 Å². The van der Waals surface area contributed by atoms with Gasteiger partial charge in [0, 0.05) is 0 Å². The van der Waals surface area contributed by atoms with E-state index >= 15 is 0 Å². The molecular formula is C9H22N2O3. The van der Waals surface area contributed by atoms with Crippen LogP contribution in [0.2, 0.25) is 0 Å². The highest BCUT2D eigenvalue weighted by Crippen LogP contribution is 1.96. The lowest BCUT2D eigenvalue weighted by Crippen LogP contribution is -2.42. The zero-order valence-corrected chi connectivity index (χ0v) is 9.23. The van der Waals surface area contributed by atoms with E-state index in [1.807, 2.05) is 14.1 Å². The first kappa shape index (κ1) is 13.8. The Balaban J connectivity index is 3.52. The lowest BCUT2D eigenvalue weighted by atomic mass is 10.3. The van der Waals surface area contributed by atoms with Gasteiger partial charge in [-0.15, -0.1) is 0 Å². The van der Waals surface area contributed by atoms with Gasteiger partial charge in [-0.2, -0.15) is 0 Å². The molecule has 86 valence electrons. The van der Waals surface area contributed by atoms with Gasteiger partial charge in [-0.1, -0.05) is 0 Å². The third kappa shape index (κ3) is 6.28. The van der Waals surface area contributed by atoms with E-state index in [4.69, 9.17) is 9.84 Å². The number of nitrogens with one attached hydrogen (secondary N) is 1. The van der Waals surface area contributed by atoms with E-state index in [0.29, 0.717) is 6.61 Å². The van der Waals surface area contributed by atoms with Gasteiger partial charge < -0.3 is 19.8 Å². The third-order valence-electron chi connectivity index (χ3n) is 1.87. The normalized spacial score (nSPS) is 15.9. The smallest absolute Gasteiger partial charge is 0.136 e. The van der Waals surface area contributed by atoms with E-state index in [9.17, 15) is 5.11 Å². The maximum atomic E-state index is 9.28. The Kier molecular flexibility index (Phi) is 8.02. The van der Waals surface area contributed by atoms with Crippen molar-refractivity contribution in [1.82, 2.24) is 10.2 Å². The molecule has 0 radical (unpaired) electrons. The third-order valence-corrected chi connectivity index (χ3v) is 1.87. The minimum atomic E-state index is -0.862. The lowest BCUT2D eigenvalue weighted by molar-refractivity contribution is -0.0717. The minimum absolute atomic E-state index is 0.292. The number of likely N-dealkylation sites (N-methyl/N-ethyl adjacent to an activating group) is 1. The van der Waals surface area contributed by atoms with Gasteiger partial charge >= 0.3 is 0 Å². The summed E-state index contributed by atoms with van der Waals surface area (Å²) in [5, 5.41) is 20.8. The SMILES string of the molecule is CNC(OCCCN(C)C)C(O)CO. The second-order valence-corrected chi connectivity index (χ2v) is 3.49. The molecule has 5 nitrogen and oxygen atoms in total. The summed E-state index contributed by atoms with van der Waals surface area (Å²) in [6.07, 6.45) is -0.440. The van der Waals surface area contributed by atoms with Crippen molar-refractivity contribution in [3.8, 4) is 0 Å². The lowest BCUT2D eigenvalue weighted by Gasteiger charge is -2.21. The summed E-state index contributed by atoms with van der Waals surface area (Å²) in [5.41, 5.74) is 0. The quantitative estimate of drug-likeness (QED) is 0.346. The average Bonchev–Trinajstić information content (AvgIpc) is 2.16. The molecule has 3 N–H and O–H groups in total. The molecule has 0 saturated heterocycles. The molecule has 14 heavy (non-hydrogen) atoms. The zero-order chi connectivity index (χ0) is 11.0. The summed E-state index contributed by atoms with van der Waals surface area (Å²) in [6, 6.07) is 0. The summed E-state index contributed by atoms with van der Waals surface area (Å²) in [4.78, 5) is 2.07. The second-order valence-electron chi connectivity index (χ2n) is 3.49. The summed E-state index contributed by atoms with van der Waals surface area (Å²) in [5.74, 6) is 0. The molecule has 5 heteroatoms. The Morgan fingerprint density at radius 2 is 2.07 bits per heavy atom. The van der Waals surface area contributed by atoms with Crippen molar-refractivity contribution >= 4 is 0 Å². The Morgan fingerprint density at radius 1 is 1.43 bits per heavy atom. The van der Waals surface area contributed by atoms with Gasteiger partial charge in [-0.3, -0.25) is 5.32 Å². The van der Waals surface area contributed by atoms with Crippen molar-refractivity contribution < 1.29 is 14.9 Å². The molecule has 0 fully saturated rings. The Bertz CT molecular complexity index is 133. The van der Waals surface area contributed by atoms with E-state index in [2.05, 4.69) is 10.2 Å². The van der Waals surface area contributed by atoms with Crippen LogP contribution in [0.5, 0.6) is 0 Å². The van der Waals surface area contributed by atoms with Crippen molar-refractivity contribution in [3.63, 3.8) is 0 Å². The Morgan fingerprint density at radius 3 is 2.50 bits per heavy atom. The predicted molar refractivity (Wildman–Crippen MR) is 55.1 cm³/mol. The second kappa shape index (κ2) is 8.14. The molecular weight excluding hydrogens is 184 g/mol. The van der Waals surface area contributed by atoms with Gasteiger partial charge in [-0.25, -0.2) is 0 Å². The van der Waals surface area contributed by atoms with Crippen molar-refractivity contribution in [2.24, 2.45) is 0 Å². The topological polar surface area (TPSA) is 65.0 Å². The molecule has 0 aliphatic rings. The standard InChI is InChI=1S/C9H22N2O3/c1-10-9(8(13)7-12)14-6-4-5-11(2)3/h8-10,12-13H,4-7H2,1-3H3. The van der Waals surface area contributed by atoms with Gasteiger partial charge in [0.15, 0.2) is 0 Å². The van der Waals surface area contributed by atoms with E-state index in [-0.39, 0.29) is 6.61 Å². The monoisotopic (exact) mass is 206 g/mol. The predicted octanol–water partition coefficient (Wildman–Crippen LogP) is -1.15. The van der Waals surface area contributed by atoms with E-state index in [1.54, 1.807) is 7.05 Å². The first-order chi connectivity index (χ1) is 6.61. The molecule has 0 rings (SSSR count). The van der Waals surface area contributed by atoms with Gasteiger partial charge in [0.25, 0.3) is 0 Å². The van der Waals surface area contributed by atoms with Crippen molar-refractivity contribution in [1.29, 1.82) is 0 Å². The molecule has 0 spiro atoms. The number of nitrogens with zero attached hydrogens (tertiary/aromatic N) is 1. The van der Waals surface area contributed by atoms with E-state index < -0.39 is 12.3 Å². The molecule has 2 unspecified atom stereocenters. The van der Waals surface area contributed by atoms with Crippen LogP contribution in [-0.4, -0.2) is 68.3 Å². The number of hydrogen-bond donors (Lipinski definition) is 3. The van der Waals surface area contributed by atoms with Crippen LogP contribution in [0.15, 0.2) is 0 Å². The van der Waals surface area contributed by atoms with E-state index in [1.165, 1.54) is 0 Å². The van der Waals surface area contributed by atoms with Crippen LogP contribution < -0.4 is 5.32 Å². The van der Waals surface area contributed by atoms with Crippen LogP contribution in [0, 0.1) is 0 Å². The Labute approximate surface area is 85.7 Å². The molecule has 0 aromatic carbocycles. The fourth-order valence-corrected chi connectivity index (χ4v) is 1.07. The van der Waals surface area contributed by atoms with Crippen LogP contribution >= 0.6 is 0 Å². The molecule has 0 aromatic rings. The fraction of sp³-hybridized carbons (Fsp3) is 1.00. The molecule has 0 aliphatic carbocycles. The Hall–Kier alpha value is -0.200. The van der Waals surface area contributed by atoms with Crippen LogP contribution in [-0.2, 0) is 4.74 Å². The minimum Gasteiger partial charge on any atom is -0.394 e. The maximum Gasteiger partial charge on any atom is 0.136 e. The van der Waals surface area contributed by atoms with Crippen molar-refractivity contribution in [2.75, 3.05) is 40.9 Å². The first-order valence-corrected chi connectivity index (χ1v) is 4.84. The highest BCUT2D eigenvalue weighted by Gasteiger charge is 2.16. The molecule has 0 bridgehead atoms. The molecule has 0 saturated carbocycles. The van der Waals surface area contributed by atoms with Gasteiger partial charge in [0.05, 0.1) is 13.2 Å². The molecule has 0 aromatic heterocycles. The zero-order valence-electron chi connectivity index (χ0n) is 9.23. The van der Waals surface area contributed by atoms with Gasteiger partial charge in [0.2, 0.25) is 0 Å². The number of ether oxygens (including phenoxy) is 1. The van der Waals surface area contributed by atoms with Gasteiger partial charge in [0.1, 0.15) is 12.3 Å². The fourth-order valence-electron chi connectivity index (χ4n) is 1.07. The molecule has 2 atom stereocenters. The first-order valence-electron chi connectivity index (χ1n) is 4.84. The summed E-state index contributed by atoms with van der Waals surface area (Å²) in [6.45, 7) is 1.23. The maximum absolute atomic E-state index is 9.28. The molecule has 0 heterocycles. The number of aliphatic hydroxyl groups excluding tert-OH is 2. The summed E-state index contributed by atoms with van der Waals surface area (Å²) < 4.78 is 5.35. The van der Waals surface area contributed by atoms with Crippen LogP contribution in [0.3, 0.4) is 0 Å². The molecule has 0 aliphatic heterocycles. The number of aliphatic hydroxyl groups is 2. The average molecular weight is 206 g/mol. The summed E-state index contributed by atoms with van der Waals surface area (Å²) in [7, 11) is 5.69.